The van der Waals surface area contributed by atoms with Crippen LogP contribution in [0.2, 0.25) is 0 Å². The Bertz CT molecular complexity index is 389. The first-order valence-corrected chi connectivity index (χ1v) is 4.89. The van der Waals surface area contributed by atoms with E-state index in [1.165, 1.54) is 0 Å². The molecule has 0 bridgehead atoms. The number of cyclic esters (lactones) is 1. The monoisotopic (exact) mass is 207 g/mol. The van der Waals surface area contributed by atoms with Gasteiger partial charge in [-0.15, -0.1) is 0 Å². The zero-order chi connectivity index (χ0) is 10.8. The molecule has 4 nitrogen and oxygen atoms in total. The first-order chi connectivity index (χ1) is 7.16. The molecule has 1 aromatic rings. The van der Waals surface area contributed by atoms with E-state index in [0.717, 1.165) is 11.1 Å². The van der Waals surface area contributed by atoms with Gasteiger partial charge >= 0.3 is 6.09 Å². The maximum atomic E-state index is 11.0. The summed E-state index contributed by atoms with van der Waals surface area (Å²) >= 11 is 0. The number of carbonyl (C=O) groups excluding carboxylic acids is 1. The molecule has 0 aliphatic carbocycles. The van der Waals surface area contributed by atoms with Crippen LogP contribution in [0.4, 0.5) is 4.79 Å². The van der Waals surface area contributed by atoms with E-state index in [2.05, 4.69) is 5.32 Å². The van der Waals surface area contributed by atoms with Gasteiger partial charge in [0.2, 0.25) is 0 Å². The third-order valence-corrected chi connectivity index (χ3v) is 2.49. The summed E-state index contributed by atoms with van der Waals surface area (Å²) in [4.78, 5) is 11.0. The molecular weight excluding hydrogens is 194 g/mol. The standard InChI is InChI=1S/C11H13NO3/c1-7-2-3-8(10(13)6-7)9-4-5-15-11(14)12-9/h2-3,6,9,13H,4-5H2,1H3,(H,12,14)/t9-/m0/s1. The van der Waals surface area contributed by atoms with Crippen molar-refractivity contribution in [1.29, 1.82) is 0 Å². The van der Waals surface area contributed by atoms with Gasteiger partial charge in [-0.2, -0.15) is 0 Å². The van der Waals surface area contributed by atoms with Crippen LogP contribution in [-0.4, -0.2) is 17.8 Å². The van der Waals surface area contributed by atoms with Gasteiger partial charge in [0.25, 0.3) is 0 Å². The molecule has 1 aliphatic heterocycles. The first kappa shape index (κ1) is 9.83. The van der Waals surface area contributed by atoms with E-state index >= 15 is 0 Å². The Morgan fingerprint density at radius 1 is 1.53 bits per heavy atom. The minimum Gasteiger partial charge on any atom is -0.508 e. The number of amides is 1. The minimum absolute atomic E-state index is 0.146. The molecular formula is C11H13NO3. The van der Waals surface area contributed by atoms with E-state index in [1.54, 1.807) is 6.07 Å². The van der Waals surface area contributed by atoms with Crippen LogP contribution in [0.3, 0.4) is 0 Å². The third kappa shape index (κ3) is 2.03. The molecule has 1 amide bonds. The second-order valence-corrected chi connectivity index (χ2v) is 3.68. The molecule has 0 spiro atoms. The van der Waals surface area contributed by atoms with Crippen LogP contribution in [-0.2, 0) is 4.74 Å². The summed E-state index contributed by atoms with van der Waals surface area (Å²) in [7, 11) is 0. The molecule has 15 heavy (non-hydrogen) atoms. The summed E-state index contributed by atoms with van der Waals surface area (Å²) < 4.78 is 4.76. The highest BCUT2D eigenvalue weighted by Gasteiger charge is 2.22. The summed E-state index contributed by atoms with van der Waals surface area (Å²) in [6, 6.07) is 5.29. The van der Waals surface area contributed by atoms with E-state index in [4.69, 9.17) is 4.74 Å². The highest BCUT2D eigenvalue weighted by atomic mass is 16.5. The maximum Gasteiger partial charge on any atom is 0.407 e. The van der Waals surface area contributed by atoms with Gasteiger partial charge in [-0.1, -0.05) is 12.1 Å². The van der Waals surface area contributed by atoms with E-state index in [-0.39, 0.29) is 11.8 Å². The fourth-order valence-corrected chi connectivity index (χ4v) is 1.71. The second-order valence-electron chi connectivity index (χ2n) is 3.68. The lowest BCUT2D eigenvalue weighted by atomic mass is 10.0. The Morgan fingerprint density at radius 2 is 2.33 bits per heavy atom. The number of phenols is 1. The van der Waals surface area contributed by atoms with Crippen molar-refractivity contribution in [1.82, 2.24) is 5.32 Å². The number of ether oxygens (including phenoxy) is 1. The van der Waals surface area contributed by atoms with Crippen molar-refractivity contribution < 1.29 is 14.6 Å². The van der Waals surface area contributed by atoms with Gasteiger partial charge in [-0.05, 0) is 18.6 Å². The van der Waals surface area contributed by atoms with Crippen LogP contribution in [0, 0.1) is 6.92 Å². The average molecular weight is 207 g/mol. The van der Waals surface area contributed by atoms with Crippen LogP contribution < -0.4 is 5.32 Å². The molecule has 1 aromatic carbocycles. The summed E-state index contributed by atoms with van der Waals surface area (Å²) in [5.74, 6) is 0.224. The quantitative estimate of drug-likeness (QED) is 0.739. The van der Waals surface area contributed by atoms with Gasteiger partial charge < -0.3 is 15.2 Å². The lowest BCUT2D eigenvalue weighted by molar-refractivity contribution is 0.115. The van der Waals surface area contributed by atoms with E-state index in [9.17, 15) is 9.90 Å². The Morgan fingerprint density at radius 3 is 3.00 bits per heavy atom. The largest absolute Gasteiger partial charge is 0.508 e. The molecule has 0 saturated carbocycles. The van der Waals surface area contributed by atoms with Crippen molar-refractivity contribution in [2.45, 2.75) is 19.4 Å². The Kier molecular flexibility index (Phi) is 2.49. The van der Waals surface area contributed by atoms with Crippen molar-refractivity contribution in [3.8, 4) is 5.75 Å². The third-order valence-electron chi connectivity index (χ3n) is 2.49. The maximum absolute atomic E-state index is 11.0. The van der Waals surface area contributed by atoms with Crippen molar-refractivity contribution in [2.24, 2.45) is 0 Å². The molecule has 2 N–H and O–H groups in total. The lowest BCUT2D eigenvalue weighted by Gasteiger charge is -2.24. The fraction of sp³-hybridized carbons (Fsp3) is 0.364. The van der Waals surface area contributed by atoms with Gasteiger partial charge in [-0.25, -0.2) is 4.79 Å². The predicted octanol–water partition coefficient (Wildman–Crippen LogP) is 1.87. The average Bonchev–Trinajstić information content (AvgIpc) is 2.17. The number of phenolic OH excluding ortho intramolecular Hbond substituents is 1. The molecule has 4 heteroatoms. The molecule has 1 aliphatic rings. The van der Waals surface area contributed by atoms with Gasteiger partial charge in [0.15, 0.2) is 0 Å². The minimum atomic E-state index is -0.425. The first-order valence-electron chi connectivity index (χ1n) is 4.89. The van der Waals surface area contributed by atoms with Crippen molar-refractivity contribution >= 4 is 6.09 Å². The number of alkyl carbamates (subject to hydrolysis) is 1. The van der Waals surface area contributed by atoms with Crippen LogP contribution in [0.25, 0.3) is 0 Å². The van der Waals surface area contributed by atoms with Crippen molar-refractivity contribution in [3.05, 3.63) is 29.3 Å². The molecule has 1 fully saturated rings. The van der Waals surface area contributed by atoms with Crippen LogP contribution >= 0.6 is 0 Å². The van der Waals surface area contributed by atoms with Crippen LogP contribution in [0.5, 0.6) is 5.75 Å². The van der Waals surface area contributed by atoms with Gasteiger partial charge in [0, 0.05) is 12.0 Å². The molecule has 1 heterocycles. The number of rotatable bonds is 1. The number of aromatic hydroxyl groups is 1. The van der Waals surface area contributed by atoms with E-state index < -0.39 is 6.09 Å². The van der Waals surface area contributed by atoms with E-state index in [1.807, 2.05) is 19.1 Å². The zero-order valence-corrected chi connectivity index (χ0v) is 8.49. The number of hydrogen-bond donors (Lipinski definition) is 2. The van der Waals surface area contributed by atoms with Gasteiger partial charge in [-0.3, -0.25) is 0 Å². The van der Waals surface area contributed by atoms with Crippen LogP contribution in [0.15, 0.2) is 18.2 Å². The Labute approximate surface area is 87.9 Å². The molecule has 1 atom stereocenters. The highest BCUT2D eigenvalue weighted by molar-refractivity contribution is 5.69. The lowest BCUT2D eigenvalue weighted by Crippen LogP contribution is -2.35. The molecule has 0 aromatic heterocycles. The number of nitrogens with one attached hydrogen (secondary N) is 1. The number of aryl methyl sites for hydroxylation is 1. The fourth-order valence-electron chi connectivity index (χ4n) is 1.71. The summed E-state index contributed by atoms with van der Waals surface area (Å²) in [6.07, 6.45) is 0.258. The predicted molar refractivity (Wildman–Crippen MR) is 54.7 cm³/mol. The highest BCUT2D eigenvalue weighted by Crippen LogP contribution is 2.28. The summed E-state index contributed by atoms with van der Waals surface area (Å²) in [5, 5.41) is 12.4. The molecule has 2 rings (SSSR count). The topological polar surface area (TPSA) is 58.6 Å². The molecule has 0 radical (unpaired) electrons. The smallest absolute Gasteiger partial charge is 0.407 e. The van der Waals surface area contributed by atoms with Gasteiger partial charge in [0.1, 0.15) is 5.75 Å². The number of benzene rings is 1. The SMILES string of the molecule is Cc1ccc([C@@H]2CCOC(=O)N2)c(O)c1. The molecule has 1 saturated heterocycles. The van der Waals surface area contributed by atoms with Crippen molar-refractivity contribution in [3.63, 3.8) is 0 Å². The second kappa shape index (κ2) is 3.81. The van der Waals surface area contributed by atoms with Crippen molar-refractivity contribution in [2.75, 3.05) is 6.61 Å². The van der Waals surface area contributed by atoms with Gasteiger partial charge in [0.05, 0.1) is 12.6 Å². The Balaban J connectivity index is 2.24. The summed E-state index contributed by atoms with van der Waals surface area (Å²) in [5.41, 5.74) is 1.74. The van der Waals surface area contributed by atoms with E-state index in [0.29, 0.717) is 13.0 Å². The van der Waals surface area contributed by atoms with Crippen LogP contribution in [0.1, 0.15) is 23.6 Å². The Hall–Kier alpha value is -1.71. The number of hydrogen-bond acceptors (Lipinski definition) is 3. The summed E-state index contributed by atoms with van der Waals surface area (Å²) in [6.45, 7) is 2.30. The zero-order valence-electron chi connectivity index (χ0n) is 8.49. The number of carbonyl (C=O) groups is 1. The molecule has 0 unspecified atom stereocenters. The normalized spacial score (nSPS) is 20.6. The molecule has 80 valence electrons.